The molecule has 3 rings (SSSR count). The molecule has 2 heterocycles. The van der Waals surface area contributed by atoms with Gasteiger partial charge in [-0.3, -0.25) is 9.69 Å². The fourth-order valence-corrected chi connectivity index (χ4v) is 4.38. The molecule has 9 heteroatoms. The number of aryl methyl sites for hydroxylation is 1. The SMILES string of the molecule is CC[C@@H](c1nnc([C@H](Cc2ccc(C)cc2)NC(=O)C2CCN(C(=O)OC(C)(C)C)CC2)o1)N(C)C. The minimum absolute atomic E-state index is 0.0131. The molecular weight excluding hydrogens is 458 g/mol. The van der Waals surface area contributed by atoms with Crippen molar-refractivity contribution in [3.8, 4) is 0 Å². The molecule has 1 aromatic heterocycles. The molecule has 1 N–H and O–H groups in total. The molecular formula is C27H41N5O4. The fourth-order valence-electron chi connectivity index (χ4n) is 4.38. The van der Waals surface area contributed by atoms with Gasteiger partial charge in [-0.15, -0.1) is 10.2 Å². The molecule has 0 aliphatic carbocycles. The Kier molecular flexibility index (Phi) is 9.11. The Morgan fingerprint density at radius 3 is 2.31 bits per heavy atom. The van der Waals surface area contributed by atoms with Crippen molar-refractivity contribution in [2.24, 2.45) is 5.92 Å². The van der Waals surface area contributed by atoms with Crippen LogP contribution < -0.4 is 5.32 Å². The highest BCUT2D eigenvalue weighted by Gasteiger charge is 2.32. The van der Waals surface area contributed by atoms with E-state index in [0.717, 1.165) is 12.0 Å². The lowest BCUT2D eigenvalue weighted by molar-refractivity contribution is -0.127. The zero-order valence-electron chi connectivity index (χ0n) is 22.7. The molecule has 2 atom stereocenters. The topological polar surface area (TPSA) is 101 Å². The summed E-state index contributed by atoms with van der Waals surface area (Å²) >= 11 is 0. The molecule has 0 bridgehead atoms. The van der Waals surface area contributed by atoms with Crippen molar-refractivity contribution in [3.63, 3.8) is 0 Å². The van der Waals surface area contributed by atoms with Crippen molar-refractivity contribution in [1.29, 1.82) is 0 Å². The van der Waals surface area contributed by atoms with Gasteiger partial charge in [0.1, 0.15) is 11.6 Å². The van der Waals surface area contributed by atoms with E-state index in [1.165, 1.54) is 5.56 Å². The molecule has 1 saturated heterocycles. The fraction of sp³-hybridized carbons (Fsp3) is 0.630. The maximum atomic E-state index is 13.3. The van der Waals surface area contributed by atoms with Crippen LogP contribution in [-0.2, 0) is 16.0 Å². The van der Waals surface area contributed by atoms with Gasteiger partial charge in [-0.2, -0.15) is 0 Å². The minimum Gasteiger partial charge on any atom is -0.444 e. The Balaban J connectivity index is 1.71. The van der Waals surface area contributed by atoms with E-state index in [0.29, 0.717) is 44.1 Å². The molecule has 2 aromatic rings. The number of ether oxygens (including phenoxy) is 1. The Morgan fingerprint density at radius 2 is 1.75 bits per heavy atom. The number of benzene rings is 1. The molecule has 1 fully saturated rings. The van der Waals surface area contributed by atoms with Crippen molar-refractivity contribution >= 4 is 12.0 Å². The second kappa shape index (κ2) is 11.9. The summed E-state index contributed by atoms with van der Waals surface area (Å²) in [6.07, 6.45) is 2.21. The quantitative estimate of drug-likeness (QED) is 0.573. The van der Waals surface area contributed by atoms with E-state index in [-0.39, 0.29) is 24.0 Å². The summed E-state index contributed by atoms with van der Waals surface area (Å²) in [6.45, 7) is 10.6. The van der Waals surface area contributed by atoms with Crippen molar-refractivity contribution in [3.05, 3.63) is 47.2 Å². The maximum Gasteiger partial charge on any atom is 0.410 e. The smallest absolute Gasteiger partial charge is 0.410 e. The Bertz CT molecular complexity index is 1000. The van der Waals surface area contributed by atoms with Gasteiger partial charge in [0.25, 0.3) is 0 Å². The first-order valence-corrected chi connectivity index (χ1v) is 12.8. The summed E-state index contributed by atoms with van der Waals surface area (Å²) in [7, 11) is 3.96. The summed E-state index contributed by atoms with van der Waals surface area (Å²) in [5, 5.41) is 11.8. The van der Waals surface area contributed by atoms with Gasteiger partial charge in [-0.25, -0.2) is 4.79 Å². The van der Waals surface area contributed by atoms with Crippen molar-refractivity contribution in [1.82, 2.24) is 25.3 Å². The predicted molar refractivity (Wildman–Crippen MR) is 137 cm³/mol. The predicted octanol–water partition coefficient (Wildman–Crippen LogP) is 4.44. The van der Waals surface area contributed by atoms with Gasteiger partial charge < -0.3 is 19.4 Å². The number of carbonyl (C=O) groups is 2. The molecule has 0 radical (unpaired) electrons. The number of amides is 2. The molecule has 1 aromatic carbocycles. The number of hydrogen-bond donors (Lipinski definition) is 1. The number of rotatable bonds is 8. The van der Waals surface area contributed by atoms with Gasteiger partial charge >= 0.3 is 6.09 Å². The number of carbonyl (C=O) groups excluding carboxylic acids is 2. The van der Waals surface area contributed by atoms with Crippen LogP contribution in [0.1, 0.15) is 81.9 Å². The number of nitrogens with zero attached hydrogens (tertiary/aromatic N) is 4. The maximum absolute atomic E-state index is 13.3. The molecule has 0 saturated carbocycles. The van der Waals surface area contributed by atoms with Gasteiger partial charge in [0.15, 0.2) is 0 Å². The summed E-state index contributed by atoms with van der Waals surface area (Å²) in [6, 6.07) is 7.79. The third kappa shape index (κ3) is 7.53. The summed E-state index contributed by atoms with van der Waals surface area (Å²) < 4.78 is 11.6. The van der Waals surface area contributed by atoms with Crippen LogP contribution in [0.4, 0.5) is 4.79 Å². The first kappa shape index (κ1) is 27.6. The van der Waals surface area contributed by atoms with Crippen molar-refractivity contribution in [2.75, 3.05) is 27.2 Å². The van der Waals surface area contributed by atoms with Gasteiger partial charge in [0.2, 0.25) is 17.7 Å². The van der Waals surface area contributed by atoms with Crippen LogP contribution in [0.3, 0.4) is 0 Å². The molecule has 1 aliphatic heterocycles. The van der Waals surface area contributed by atoms with E-state index in [9.17, 15) is 9.59 Å². The van der Waals surface area contributed by atoms with E-state index in [2.05, 4.69) is 46.7 Å². The summed E-state index contributed by atoms with van der Waals surface area (Å²) in [5.74, 6) is 0.698. The van der Waals surface area contributed by atoms with E-state index in [1.54, 1.807) is 4.90 Å². The van der Waals surface area contributed by atoms with E-state index < -0.39 is 11.6 Å². The van der Waals surface area contributed by atoms with Crippen LogP contribution in [-0.4, -0.2) is 64.8 Å². The van der Waals surface area contributed by atoms with Crippen molar-refractivity contribution in [2.45, 2.75) is 78.0 Å². The highest BCUT2D eigenvalue weighted by atomic mass is 16.6. The molecule has 2 amide bonds. The number of piperidine rings is 1. The molecule has 36 heavy (non-hydrogen) atoms. The van der Waals surface area contributed by atoms with E-state index >= 15 is 0 Å². The van der Waals surface area contributed by atoms with Crippen LogP contribution >= 0.6 is 0 Å². The second-order valence-electron chi connectivity index (χ2n) is 10.9. The lowest BCUT2D eigenvalue weighted by Gasteiger charge is -2.33. The van der Waals surface area contributed by atoms with Gasteiger partial charge in [-0.05, 0) is 66.6 Å². The van der Waals surface area contributed by atoms with Gasteiger partial charge in [0, 0.05) is 25.4 Å². The van der Waals surface area contributed by atoms with Gasteiger partial charge in [-0.1, -0.05) is 36.8 Å². The zero-order valence-corrected chi connectivity index (χ0v) is 22.7. The first-order valence-electron chi connectivity index (χ1n) is 12.8. The van der Waals surface area contributed by atoms with Crippen LogP contribution in [0.2, 0.25) is 0 Å². The normalized spacial score (nSPS) is 16.6. The number of likely N-dealkylation sites (tertiary alicyclic amines) is 1. The average Bonchev–Trinajstić information content (AvgIpc) is 3.29. The van der Waals surface area contributed by atoms with Crippen LogP contribution in [0.15, 0.2) is 28.7 Å². The molecule has 9 nitrogen and oxygen atoms in total. The third-order valence-electron chi connectivity index (χ3n) is 6.44. The molecule has 0 unspecified atom stereocenters. The Morgan fingerprint density at radius 1 is 1.14 bits per heavy atom. The number of nitrogens with one attached hydrogen (secondary N) is 1. The molecule has 0 spiro atoms. The second-order valence-corrected chi connectivity index (χ2v) is 10.9. The van der Waals surface area contributed by atoms with Crippen molar-refractivity contribution < 1.29 is 18.7 Å². The molecule has 198 valence electrons. The Hall–Kier alpha value is -2.94. The minimum atomic E-state index is -0.541. The van der Waals surface area contributed by atoms with Crippen LogP contribution in [0.25, 0.3) is 0 Å². The lowest BCUT2D eigenvalue weighted by atomic mass is 9.95. The lowest BCUT2D eigenvalue weighted by Crippen LogP contribution is -2.45. The summed E-state index contributed by atoms with van der Waals surface area (Å²) in [5.41, 5.74) is 1.71. The first-order chi connectivity index (χ1) is 17.0. The number of hydrogen-bond acceptors (Lipinski definition) is 7. The van der Waals surface area contributed by atoms with E-state index in [4.69, 9.17) is 9.15 Å². The highest BCUT2D eigenvalue weighted by molar-refractivity contribution is 5.79. The molecule has 1 aliphatic rings. The highest BCUT2D eigenvalue weighted by Crippen LogP contribution is 2.26. The van der Waals surface area contributed by atoms with Crippen LogP contribution in [0.5, 0.6) is 0 Å². The monoisotopic (exact) mass is 499 g/mol. The summed E-state index contributed by atoms with van der Waals surface area (Å²) in [4.78, 5) is 29.4. The van der Waals surface area contributed by atoms with E-state index in [1.807, 2.05) is 46.7 Å². The largest absolute Gasteiger partial charge is 0.444 e. The standard InChI is InChI=1S/C27H41N5O4/c1-8-22(31(6)7)25-30-29-24(35-25)21(17-19-11-9-18(2)10-12-19)28-23(33)20-13-15-32(16-14-20)26(34)36-27(3,4)5/h9-12,20-22H,8,13-17H2,1-7H3,(H,28,33)/t21-,22-/m0/s1. The zero-order chi connectivity index (χ0) is 26.5. The average molecular weight is 500 g/mol. The van der Waals surface area contributed by atoms with Gasteiger partial charge in [0.05, 0.1) is 6.04 Å². The third-order valence-corrected chi connectivity index (χ3v) is 6.44. The van der Waals surface area contributed by atoms with Crippen LogP contribution in [0, 0.1) is 12.8 Å². The number of aromatic nitrogens is 2. The Labute approximate surface area is 214 Å².